The molecule has 4 heteroatoms. The van der Waals surface area contributed by atoms with E-state index in [1.807, 2.05) is 53.1 Å². The van der Waals surface area contributed by atoms with Gasteiger partial charge in [-0.05, 0) is 29.7 Å². The zero-order valence-electron chi connectivity index (χ0n) is 15.5. The molecule has 1 heterocycles. The van der Waals surface area contributed by atoms with Crippen LogP contribution in [-0.2, 0) is 19.6 Å². The Hall–Kier alpha value is -2.47. The van der Waals surface area contributed by atoms with Crippen LogP contribution in [-0.4, -0.2) is 14.1 Å². The van der Waals surface area contributed by atoms with Gasteiger partial charge in [0, 0.05) is 21.4 Å². The minimum absolute atomic E-state index is 0.357. The molecule has 0 saturated heterocycles. The minimum Gasteiger partial charge on any atom is -0.494 e. The number of benzene rings is 3. The van der Waals surface area contributed by atoms with Gasteiger partial charge in [-0.3, -0.25) is 0 Å². The Morgan fingerprint density at radius 1 is 0.857 bits per heavy atom. The van der Waals surface area contributed by atoms with Crippen molar-refractivity contribution in [1.29, 1.82) is 0 Å². The van der Waals surface area contributed by atoms with Crippen LogP contribution in [0.15, 0.2) is 78.9 Å². The summed E-state index contributed by atoms with van der Waals surface area (Å²) in [6.45, 7) is 1.16. The van der Waals surface area contributed by atoms with Crippen LogP contribution in [0.4, 0.5) is 0 Å². The molecule has 1 N–H and O–H groups in total. The van der Waals surface area contributed by atoms with Crippen LogP contribution in [0.2, 0.25) is 0 Å². The van der Waals surface area contributed by atoms with Crippen molar-refractivity contribution in [3.8, 4) is 11.6 Å². The lowest BCUT2D eigenvalue weighted by Gasteiger charge is -2.10. The quantitative estimate of drug-likeness (QED) is 0.260. The first kappa shape index (κ1) is 18.9. The average molecular weight is 483 g/mol. The van der Waals surface area contributed by atoms with E-state index in [1.54, 1.807) is 0 Å². The maximum absolute atomic E-state index is 10.9. The van der Waals surface area contributed by atoms with Crippen LogP contribution in [0.3, 0.4) is 0 Å². The van der Waals surface area contributed by atoms with Gasteiger partial charge in [-0.2, -0.15) is 0 Å². The maximum atomic E-state index is 10.9. The Kier molecular flexibility index (Phi) is 5.86. The maximum Gasteiger partial charge on any atom is 0.195 e. The number of hydrogen-bond acceptors (Lipinski definition) is 2. The van der Waals surface area contributed by atoms with E-state index in [-0.39, 0.29) is 0 Å². The fourth-order valence-electron chi connectivity index (χ4n) is 3.49. The summed E-state index contributed by atoms with van der Waals surface area (Å²) in [6, 6.07) is 26.5. The highest BCUT2D eigenvalue weighted by Crippen LogP contribution is 2.35. The number of alkyl halides is 1. The molecule has 1 aromatic heterocycles. The highest BCUT2D eigenvalue weighted by molar-refractivity contribution is 14.1. The molecule has 0 saturated carbocycles. The smallest absolute Gasteiger partial charge is 0.195 e. The van der Waals surface area contributed by atoms with Crippen LogP contribution in [0, 0.1) is 0 Å². The molecule has 0 unspecified atom stereocenters. The molecular weight excluding hydrogens is 461 g/mol. The molecular formula is C24H22INO2. The summed E-state index contributed by atoms with van der Waals surface area (Å²) < 4.78 is 8.97. The van der Waals surface area contributed by atoms with Gasteiger partial charge < -0.3 is 14.4 Å². The topological polar surface area (TPSA) is 34.4 Å². The summed E-state index contributed by atoms with van der Waals surface area (Å²) >= 11 is 2.35. The third kappa shape index (κ3) is 4.02. The average Bonchev–Trinajstić information content (AvgIpc) is 2.99. The minimum atomic E-state index is 0.357. The predicted octanol–water partition coefficient (Wildman–Crippen LogP) is 5.95. The van der Waals surface area contributed by atoms with Crippen molar-refractivity contribution in [3.63, 3.8) is 0 Å². The molecule has 0 amide bonds. The van der Waals surface area contributed by atoms with E-state index >= 15 is 0 Å². The molecule has 4 rings (SSSR count). The molecule has 3 nitrogen and oxygen atoms in total. The summed E-state index contributed by atoms with van der Waals surface area (Å²) in [4.78, 5) is 0. The van der Waals surface area contributed by atoms with Gasteiger partial charge in [0.15, 0.2) is 5.88 Å². The molecule has 0 aliphatic carbocycles. The van der Waals surface area contributed by atoms with E-state index in [4.69, 9.17) is 4.74 Å². The molecule has 0 fully saturated rings. The number of aromatic nitrogens is 1. The SMILES string of the molecule is Oc1c(CCI)c2ccc(OCc3ccccc3)cc2n1Cc1ccccc1. The van der Waals surface area contributed by atoms with Crippen LogP contribution in [0.5, 0.6) is 11.6 Å². The summed E-state index contributed by atoms with van der Waals surface area (Å²) in [6.07, 6.45) is 0.842. The molecule has 28 heavy (non-hydrogen) atoms. The number of hydrogen-bond donors (Lipinski definition) is 1. The zero-order chi connectivity index (χ0) is 19.3. The van der Waals surface area contributed by atoms with Crippen LogP contribution >= 0.6 is 22.6 Å². The van der Waals surface area contributed by atoms with Crippen molar-refractivity contribution < 1.29 is 9.84 Å². The number of halogens is 1. The fourth-order valence-corrected chi connectivity index (χ4v) is 4.02. The predicted molar refractivity (Wildman–Crippen MR) is 123 cm³/mol. The van der Waals surface area contributed by atoms with Gasteiger partial charge in [0.25, 0.3) is 0 Å². The Labute approximate surface area is 178 Å². The van der Waals surface area contributed by atoms with Crippen molar-refractivity contribution >= 4 is 33.5 Å². The Balaban J connectivity index is 1.70. The Morgan fingerprint density at radius 3 is 2.21 bits per heavy atom. The van der Waals surface area contributed by atoms with Gasteiger partial charge in [0.1, 0.15) is 12.4 Å². The highest BCUT2D eigenvalue weighted by atomic mass is 127. The number of aryl methyl sites for hydroxylation is 1. The molecule has 0 radical (unpaired) electrons. The van der Waals surface area contributed by atoms with Gasteiger partial charge in [0.2, 0.25) is 0 Å². The number of rotatable bonds is 7. The van der Waals surface area contributed by atoms with Crippen LogP contribution in [0.25, 0.3) is 10.9 Å². The molecule has 0 aliphatic heterocycles. The largest absolute Gasteiger partial charge is 0.494 e. The van der Waals surface area contributed by atoms with E-state index in [0.717, 1.165) is 44.2 Å². The van der Waals surface area contributed by atoms with Gasteiger partial charge >= 0.3 is 0 Å². The summed E-state index contributed by atoms with van der Waals surface area (Å²) in [5.74, 6) is 1.17. The van der Waals surface area contributed by atoms with Crippen molar-refractivity contribution in [1.82, 2.24) is 4.57 Å². The lowest BCUT2D eigenvalue weighted by atomic mass is 10.1. The van der Waals surface area contributed by atoms with E-state index < -0.39 is 0 Å². The lowest BCUT2D eigenvalue weighted by molar-refractivity contribution is 0.306. The van der Waals surface area contributed by atoms with Gasteiger partial charge in [-0.15, -0.1) is 0 Å². The van der Waals surface area contributed by atoms with Crippen molar-refractivity contribution in [2.75, 3.05) is 4.43 Å². The van der Waals surface area contributed by atoms with Crippen LogP contribution < -0.4 is 4.74 Å². The molecule has 4 aromatic rings. The number of nitrogens with zero attached hydrogens (tertiary/aromatic N) is 1. The Morgan fingerprint density at radius 2 is 1.54 bits per heavy atom. The zero-order valence-corrected chi connectivity index (χ0v) is 17.7. The third-order valence-corrected chi connectivity index (χ3v) is 5.43. The summed E-state index contributed by atoms with van der Waals surface area (Å²) in [5.41, 5.74) is 4.31. The van der Waals surface area contributed by atoms with Crippen molar-refractivity contribution in [2.24, 2.45) is 0 Å². The standard InChI is InChI=1S/C24H22INO2/c25-14-13-22-21-12-11-20(28-17-19-9-5-2-6-10-19)15-23(21)26(24(22)27)16-18-7-3-1-4-8-18/h1-12,15,27H,13-14,16-17H2. The van der Waals surface area contributed by atoms with E-state index in [9.17, 15) is 5.11 Å². The first-order valence-corrected chi connectivity index (χ1v) is 10.9. The molecule has 0 atom stereocenters. The third-order valence-electron chi connectivity index (χ3n) is 4.89. The number of fused-ring (bicyclic) bond motifs is 1. The van der Waals surface area contributed by atoms with Crippen molar-refractivity contribution in [3.05, 3.63) is 95.6 Å². The summed E-state index contributed by atoms with van der Waals surface area (Å²) in [5, 5.41) is 12.0. The van der Waals surface area contributed by atoms with Crippen LogP contribution in [0.1, 0.15) is 16.7 Å². The van der Waals surface area contributed by atoms with Gasteiger partial charge in [-0.1, -0.05) is 83.3 Å². The molecule has 0 aliphatic rings. The molecule has 3 aromatic carbocycles. The second-order valence-corrected chi connectivity index (χ2v) is 7.84. The second kappa shape index (κ2) is 8.69. The van der Waals surface area contributed by atoms with E-state index in [0.29, 0.717) is 19.0 Å². The lowest BCUT2D eigenvalue weighted by Crippen LogP contribution is -2.00. The van der Waals surface area contributed by atoms with Gasteiger partial charge in [-0.25, -0.2) is 0 Å². The van der Waals surface area contributed by atoms with E-state index in [2.05, 4.69) is 52.9 Å². The van der Waals surface area contributed by atoms with E-state index in [1.165, 1.54) is 0 Å². The van der Waals surface area contributed by atoms with Crippen molar-refractivity contribution in [2.45, 2.75) is 19.6 Å². The highest BCUT2D eigenvalue weighted by Gasteiger charge is 2.17. The number of aromatic hydroxyl groups is 1. The Bertz CT molecular complexity index is 1060. The number of ether oxygens (including phenoxy) is 1. The van der Waals surface area contributed by atoms with Gasteiger partial charge in [0.05, 0.1) is 12.1 Å². The monoisotopic (exact) mass is 483 g/mol. The summed E-state index contributed by atoms with van der Waals surface area (Å²) in [7, 11) is 0. The molecule has 0 spiro atoms. The first-order chi connectivity index (χ1) is 13.8. The second-order valence-electron chi connectivity index (χ2n) is 6.77. The fraction of sp³-hybridized carbons (Fsp3) is 0.167. The normalized spacial score (nSPS) is 11.0. The first-order valence-electron chi connectivity index (χ1n) is 9.37. The molecule has 142 valence electrons. The molecule has 0 bridgehead atoms.